The molecule has 0 bridgehead atoms. The van der Waals surface area contributed by atoms with Crippen molar-refractivity contribution in [2.45, 2.75) is 52.5 Å². The lowest BCUT2D eigenvalue weighted by Crippen LogP contribution is -2.48. The fourth-order valence-corrected chi connectivity index (χ4v) is 6.40. The van der Waals surface area contributed by atoms with E-state index in [1.165, 1.54) is 11.3 Å². The summed E-state index contributed by atoms with van der Waals surface area (Å²) in [5, 5.41) is 3.91. The number of aromatic nitrogens is 1. The Labute approximate surface area is 211 Å². The normalized spacial score (nSPS) is 21.0. The number of fused-ring (bicyclic) bond motifs is 2. The van der Waals surface area contributed by atoms with Crippen LogP contribution in [0.25, 0.3) is 0 Å². The zero-order valence-electron chi connectivity index (χ0n) is 21.1. The van der Waals surface area contributed by atoms with Crippen LogP contribution in [0.1, 0.15) is 55.9 Å². The van der Waals surface area contributed by atoms with Crippen molar-refractivity contribution in [2.75, 3.05) is 49.1 Å². The first-order valence-corrected chi connectivity index (χ1v) is 13.5. The first-order valence-electron chi connectivity index (χ1n) is 12.7. The first kappa shape index (κ1) is 23.9. The molecule has 188 valence electrons. The van der Waals surface area contributed by atoms with Crippen molar-refractivity contribution < 1.29 is 14.3 Å². The maximum absolute atomic E-state index is 13.0. The van der Waals surface area contributed by atoms with Gasteiger partial charge in [0.25, 0.3) is 5.91 Å². The third kappa shape index (κ3) is 4.58. The van der Waals surface area contributed by atoms with Gasteiger partial charge in [0.05, 0.1) is 23.8 Å². The highest BCUT2D eigenvalue weighted by Crippen LogP contribution is 2.42. The lowest BCUT2D eigenvalue weighted by atomic mass is 9.94. The van der Waals surface area contributed by atoms with Gasteiger partial charge in [-0.2, -0.15) is 0 Å². The Morgan fingerprint density at radius 2 is 2.09 bits per heavy atom. The highest BCUT2D eigenvalue weighted by molar-refractivity contribution is 7.17. The van der Waals surface area contributed by atoms with Crippen molar-refractivity contribution in [1.29, 1.82) is 0 Å². The standard InChI is InChI=1S/C26H35N5O3S/c1-5-29(6-2)24(33)17-8-7-11-30(16-17)18-9-10-21-20(14-18)31(12-13-34-21)25-27-19-15-26(3,4)28-23(32)22(19)35-25/h9-10,14,17H,5-8,11-13,15-16H2,1-4H3,(H,28,32). The van der Waals surface area contributed by atoms with Crippen LogP contribution in [0.3, 0.4) is 0 Å². The molecule has 0 aliphatic carbocycles. The summed E-state index contributed by atoms with van der Waals surface area (Å²) in [6, 6.07) is 6.27. The van der Waals surface area contributed by atoms with Crippen molar-refractivity contribution in [3.63, 3.8) is 0 Å². The molecule has 1 atom stereocenters. The lowest BCUT2D eigenvalue weighted by Gasteiger charge is -2.37. The Balaban J connectivity index is 1.41. The monoisotopic (exact) mass is 497 g/mol. The minimum Gasteiger partial charge on any atom is -0.490 e. The highest BCUT2D eigenvalue weighted by Gasteiger charge is 2.35. The van der Waals surface area contributed by atoms with Gasteiger partial charge in [-0.15, -0.1) is 0 Å². The first-order chi connectivity index (χ1) is 16.8. The fourth-order valence-electron chi connectivity index (χ4n) is 5.39. The van der Waals surface area contributed by atoms with Crippen molar-refractivity contribution in [2.24, 2.45) is 5.92 Å². The highest BCUT2D eigenvalue weighted by atomic mass is 32.1. The van der Waals surface area contributed by atoms with Crippen LogP contribution in [0.4, 0.5) is 16.5 Å². The molecule has 3 aliphatic rings. The summed E-state index contributed by atoms with van der Waals surface area (Å²) in [7, 11) is 0. The molecule has 35 heavy (non-hydrogen) atoms. The summed E-state index contributed by atoms with van der Waals surface area (Å²) >= 11 is 1.45. The second-order valence-corrected chi connectivity index (χ2v) is 11.2. The van der Waals surface area contributed by atoms with E-state index < -0.39 is 0 Å². The third-order valence-corrected chi connectivity index (χ3v) is 8.32. The maximum Gasteiger partial charge on any atom is 0.263 e. The van der Waals surface area contributed by atoms with Gasteiger partial charge in [0, 0.05) is 43.8 Å². The van der Waals surface area contributed by atoms with Crippen LogP contribution in [0.15, 0.2) is 18.2 Å². The summed E-state index contributed by atoms with van der Waals surface area (Å²) in [5.74, 6) is 1.07. The number of rotatable bonds is 5. The number of amides is 2. The Kier molecular flexibility index (Phi) is 6.38. The Morgan fingerprint density at radius 3 is 2.86 bits per heavy atom. The zero-order valence-corrected chi connectivity index (χ0v) is 21.9. The van der Waals surface area contributed by atoms with Crippen LogP contribution in [-0.2, 0) is 11.2 Å². The van der Waals surface area contributed by atoms with Crippen LogP contribution >= 0.6 is 11.3 Å². The molecule has 1 saturated heterocycles. The van der Waals surface area contributed by atoms with Crippen LogP contribution in [0, 0.1) is 5.92 Å². The van der Waals surface area contributed by atoms with Crippen molar-refractivity contribution in [1.82, 2.24) is 15.2 Å². The van der Waals surface area contributed by atoms with E-state index in [-0.39, 0.29) is 23.3 Å². The number of hydrogen-bond donors (Lipinski definition) is 1. The van der Waals surface area contributed by atoms with Crippen LogP contribution in [-0.4, -0.2) is 66.6 Å². The number of anilines is 3. The predicted molar refractivity (Wildman–Crippen MR) is 139 cm³/mol. The molecule has 8 nitrogen and oxygen atoms in total. The lowest BCUT2D eigenvalue weighted by molar-refractivity contribution is -0.135. The van der Waals surface area contributed by atoms with E-state index in [1.54, 1.807) is 0 Å². The number of hydrogen-bond acceptors (Lipinski definition) is 7. The summed E-state index contributed by atoms with van der Waals surface area (Å²) in [5.41, 5.74) is 2.64. The summed E-state index contributed by atoms with van der Waals surface area (Å²) in [6.07, 6.45) is 2.66. The molecule has 1 aromatic carbocycles. The van der Waals surface area contributed by atoms with E-state index in [4.69, 9.17) is 9.72 Å². The molecule has 0 radical (unpaired) electrons. The van der Waals surface area contributed by atoms with Gasteiger partial charge in [0.2, 0.25) is 5.91 Å². The maximum atomic E-state index is 13.0. The topological polar surface area (TPSA) is 78.0 Å². The number of nitrogens with zero attached hydrogens (tertiary/aromatic N) is 4. The van der Waals surface area contributed by atoms with E-state index in [1.807, 2.05) is 38.7 Å². The van der Waals surface area contributed by atoms with Gasteiger partial charge >= 0.3 is 0 Å². The third-order valence-electron chi connectivity index (χ3n) is 7.20. The summed E-state index contributed by atoms with van der Waals surface area (Å²) < 4.78 is 5.97. The molecule has 1 aromatic heterocycles. The van der Waals surface area contributed by atoms with Gasteiger partial charge in [-0.05, 0) is 58.7 Å². The molecule has 2 amide bonds. The molecule has 1 unspecified atom stereocenters. The second kappa shape index (κ2) is 9.33. The van der Waals surface area contributed by atoms with E-state index in [2.05, 4.69) is 27.2 Å². The molecule has 0 saturated carbocycles. The SMILES string of the molecule is CCN(CC)C(=O)C1CCCN(c2ccc3c(c2)N(c2nc4c(s2)C(=O)NC(C)(C)C4)CCO3)C1. The summed E-state index contributed by atoms with van der Waals surface area (Å²) in [4.78, 5) is 37.7. The zero-order chi connectivity index (χ0) is 24.7. The van der Waals surface area contributed by atoms with E-state index >= 15 is 0 Å². The van der Waals surface area contributed by atoms with Crippen LogP contribution in [0.5, 0.6) is 5.75 Å². The number of benzene rings is 1. The average molecular weight is 498 g/mol. The molecule has 5 rings (SSSR count). The smallest absolute Gasteiger partial charge is 0.263 e. The summed E-state index contributed by atoms with van der Waals surface area (Å²) in [6.45, 7) is 12.6. The molecule has 0 spiro atoms. The van der Waals surface area contributed by atoms with E-state index in [0.29, 0.717) is 18.0 Å². The van der Waals surface area contributed by atoms with Crippen molar-refractivity contribution in [3.05, 3.63) is 28.8 Å². The molecular formula is C26H35N5O3S. The predicted octanol–water partition coefficient (Wildman–Crippen LogP) is 3.82. The van der Waals surface area contributed by atoms with E-state index in [0.717, 1.165) is 73.4 Å². The van der Waals surface area contributed by atoms with Crippen molar-refractivity contribution >= 4 is 39.7 Å². The van der Waals surface area contributed by atoms with Gasteiger partial charge in [0.15, 0.2) is 5.13 Å². The fraction of sp³-hybridized carbons (Fsp3) is 0.577. The Morgan fingerprint density at radius 1 is 1.29 bits per heavy atom. The molecule has 1 N–H and O–H groups in total. The van der Waals surface area contributed by atoms with Gasteiger partial charge in [-0.3, -0.25) is 9.59 Å². The van der Waals surface area contributed by atoms with Gasteiger partial charge in [-0.25, -0.2) is 4.98 Å². The molecular weight excluding hydrogens is 462 g/mol. The second-order valence-electron chi connectivity index (χ2n) is 10.2. The molecule has 9 heteroatoms. The number of piperidine rings is 1. The number of nitrogens with one attached hydrogen (secondary N) is 1. The minimum atomic E-state index is -0.293. The largest absolute Gasteiger partial charge is 0.490 e. The Hall–Kier alpha value is -2.81. The number of carbonyl (C=O) groups excluding carboxylic acids is 2. The molecule has 4 heterocycles. The van der Waals surface area contributed by atoms with Gasteiger partial charge < -0.3 is 24.8 Å². The van der Waals surface area contributed by atoms with Crippen LogP contribution in [0.2, 0.25) is 0 Å². The van der Waals surface area contributed by atoms with Gasteiger partial charge in [-0.1, -0.05) is 11.3 Å². The molecule has 3 aliphatic heterocycles. The Bertz CT molecular complexity index is 1130. The van der Waals surface area contributed by atoms with Gasteiger partial charge in [0.1, 0.15) is 17.2 Å². The average Bonchev–Trinajstić information content (AvgIpc) is 3.27. The number of carbonyl (C=O) groups is 2. The quantitative estimate of drug-likeness (QED) is 0.677. The van der Waals surface area contributed by atoms with Crippen molar-refractivity contribution in [3.8, 4) is 5.75 Å². The van der Waals surface area contributed by atoms with Crippen LogP contribution < -0.4 is 19.9 Å². The molecule has 2 aromatic rings. The molecule has 1 fully saturated rings. The number of thiazole rings is 1. The minimum absolute atomic E-state index is 0.0274. The van der Waals surface area contributed by atoms with E-state index in [9.17, 15) is 9.59 Å². The number of ether oxygens (including phenoxy) is 1.